The lowest BCUT2D eigenvalue weighted by Crippen LogP contribution is -2.52. The first kappa shape index (κ1) is 13.5. The molecule has 4 aliphatic carbocycles. The van der Waals surface area contributed by atoms with E-state index in [0.717, 1.165) is 30.6 Å². The largest absolute Gasteiger partial charge is 0.144 e. The average molecular weight is 311 g/mol. The van der Waals surface area contributed by atoms with Crippen LogP contribution in [-0.4, -0.2) is 16.1 Å². The minimum Gasteiger partial charge on any atom is -0.144 e. The first-order chi connectivity index (χ1) is 9.61. The zero-order valence-corrected chi connectivity index (χ0v) is 13.8. The number of aryl methyl sites for hydroxylation is 1. The van der Waals surface area contributed by atoms with Crippen molar-refractivity contribution in [1.82, 2.24) is 10.2 Å². The summed E-state index contributed by atoms with van der Waals surface area (Å²) in [6.45, 7) is 2.52. The maximum Gasteiger partial charge on any atom is 0.123 e. The van der Waals surface area contributed by atoms with Gasteiger partial charge in [-0.05, 0) is 62.2 Å². The standard InChI is InChI=1S/C16H23ClN2S/c1-15-6-11-5-12(7-15)9-16(8-11,10-15)14-19-18-13(20-14)3-2-4-17/h11-12H,2-10H2,1H3. The Hall–Kier alpha value is -0.150. The average Bonchev–Trinajstić information content (AvgIpc) is 2.82. The van der Waals surface area contributed by atoms with Gasteiger partial charge in [-0.2, -0.15) is 0 Å². The van der Waals surface area contributed by atoms with Gasteiger partial charge in [-0.3, -0.25) is 0 Å². The van der Waals surface area contributed by atoms with Gasteiger partial charge < -0.3 is 0 Å². The van der Waals surface area contributed by atoms with Crippen LogP contribution in [0.4, 0.5) is 0 Å². The molecule has 2 nitrogen and oxygen atoms in total. The molecule has 4 saturated carbocycles. The van der Waals surface area contributed by atoms with Crippen molar-refractivity contribution in [3.63, 3.8) is 0 Å². The smallest absolute Gasteiger partial charge is 0.123 e. The molecule has 4 heteroatoms. The van der Waals surface area contributed by atoms with Gasteiger partial charge in [0.1, 0.15) is 10.0 Å². The van der Waals surface area contributed by atoms with Crippen LogP contribution in [0.5, 0.6) is 0 Å². The van der Waals surface area contributed by atoms with E-state index in [1.807, 2.05) is 11.3 Å². The van der Waals surface area contributed by atoms with Gasteiger partial charge in [0, 0.05) is 17.7 Å². The van der Waals surface area contributed by atoms with E-state index in [1.165, 1.54) is 48.5 Å². The molecule has 5 rings (SSSR count). The van der Waals surface area contributed by atoms with E-state index >= 15 is 0 Å². The molecule has 0 N–H and O–H groups in total. The topological polar surface area (TPSA) is 25.8 Å². The second-order valence-electron chi connectivity index (χ2n) is 7.85. The minimum atomic E-state index is 0.385. The normalized spacial score (nSPS) is 42.3. The molecule has 0 aliphatic heterocycles. The third-order valence-electron chi connectivity index (χ3n) is 5.80. The third-order valence-corrected chi connectivity index (χ3v) is 7.30. The van der Waals surface area contributed by atoms with Crippen LogP contribution < -0.4 is 0 Å². The number of alkyl halides is 1. The summed E-state index contributed by atoms with van der Waals surface area (Å²) >= 11 is 7.67. The molecule has 4 bridgehead atoms. The number of halogens is 1. The molecule has 4 aliphatic rings. The lowest BCUT2D eigenvalue weighted by atomic mass is 9.45. The molecule has 1 aromatic heterocycles. The van der Waals surface area contributed by atoms with Crippen molar-refractivity contribution in [3.05, 3.63) is 10.0 Å². The lowest BCUT2D eigenvalue weighted by Gasteiger charge is -2.60. The highest BCUT2D eigenvalue weighted by Crippen LogP contribution is 2.65. The molecule has 0 amide bonds. The number of hydrogen-bond donors (Lipinski definition) is 0. The molecular weight excluding hydrogens is 288 g/mol. The van der Waals surface area contributed by atoms with E-state index in [9.17, 15) is 0 Å². The molecular formula is C16H23ClN2S. The third kappa shape index (κ3) is 2.12. The monoisotopic (exact) mass is 310 g/mol. The summed E-state index contributed by atoms with van der Waals surface area (Å²) in [6, 6.07) is 0. The molecule has 20 heavy (non-hydrogen) atoms. The molecule has 2 unspecified atom stereocenters. The highest BCUT2D eigenvalue weighted by atomic mass is 35.5. The molecule has 1 heterocycles. The Morgan fingerprint density at radius 3 is 2.60 bits per heavy atom. The lowest BCUT2D eigenvalue weighted by molar-refractivity contribution is -0.0618. The van der Waals surface area contributed by atoms with Gasteiger partial charge in [-0.15, -0.1) is 33.1 Å². The molecule has 0 spiro atoms. The van der Waals surface area contributed by atoms with E-state index < -0.39 is 0 Å². The first-order valence-corrected chi connectivity index (χ1v) is 9.35. The molecule has 2 atom stereocenters. The summed E-state index contributed by atoms with van der Waals surface area (Å²) in [5, 5.41) is 11.6. The Morgan fingerprint density at radius 1 is 1.20 bits per heavy atom. The van der Waals surface area contributed by atoms with Crippen molar-refractivity contribution in [3.8, 4) is 0 Å². The van der Waals surface area contributed by atoms with Crippen LogP contribution in [0.2, 0.25) is 0 Å². The summed E-state index contributed by atoms with van der Waals surface area (Å²) in [5.74, 6) is 2.63. The van der Waals surface area contributed by atoms with Gasteiger partial charge in [-0.25, -0.2) is 0 Å². The van der Waals surface area contributed by atoms with Crippen LogP contribution in [0, 0.1) is 17.3 Å². The van der Waals surface area contributed by atoms with Crippen LogP contribution in [0.1, 0.15) is 61.9 Å². The van der Waals surface area contributed by atoms with E-state index in [0.29, 0.717) is 10.8 Å². The Morgan fingerprint density at radius 2 is 1.95 bits per heavy atom. The Balaban J connectivity index is 1.62. The van der Waals surface area contributed by atoms with Gasteiger partial charge >= 0.3 is 0 Å². The zero-order valence-electron chi connectivity index (χ0n) is 12.2. The Labute approximate surface area is 130 Å². The van der Waals surface area contributed by atoms with Crippen LogP contribution in [0.3, 0.4) is 0 Å². The quantitative estimate of drug-likeness (QED) is 0.761. The van der Waals surface area contributed by atoms with Crippen LogP contribution in [-0.2, 0) is 11.8 Å². The van der Waals surface area contributed by atoms with Gasteiger partial charge in [0.15, 0.2) is 0 Å². The van der Waals surface area contributed by atoms with Gasteiger partial charge in [0.2, 0.25) is 0 Å². The highest BCUT2D eigenvalue weighted by Gasteiger charge is 2.57. The zero-order chi connectivity index (χ0) is 13.8. The van der Waals surface area contributed by atoms with Crippen molar-refractivity contribution in [2.24, 2.45) is 17.3 Å². The van der Waals surface area contributed by atoms with Crippen molar-refractivity contribution in [1.29, 1.82) is 0 Å². The summed E-state index contributed by atoms with van der Waals surface area (Å²) in [5.41, 5.74) is 0.974. The van der Waals surface area contributed by atoms with Crippen LogP contribution in [0.15, 0.2) is 0 Å². The molecule has 0 aromatic carbocycles. The van der Waals surface area contributed by atoms with Crippen molar-refractivity contribution in [2.75, 3.05) is 5.88 Å². The summed E-state index contributed by atoms with van der Waals surface area (Å²) in [4.78, 5) is 0. The van der Waals surface area contributed by atoms with Crippen molar-refractivity contribution < 1.29 is 0 Å². The summed E-state index contributed by atoms with van der Waals surface area (Å²) < 4.78 is 0. The number of aromatic nitrogens is 2. The van der Waals surface area contributed by atoms with Crippen LogP contribution >= 0.6 is 22.9 Å². The fraction of sp³-hybridized carbons (Fsp3) is 0.875. The summed E-state index contributed by atoms with van der Waals surface area (Å²) in [7, 11) is 0. The van der Waals surface area contributed by atoms with Gasteiger partial charge in [0.25, 0.3) is 0 Å². The molecule has 110 valence electrons. The van der Waals surface area contributed by atoms with Crippen molar-refractivity contribution >= 4 is 22.9 Å². The fourth-order valence-electron chi connectivity index (χ4n) is 5.76. The minimum absolute atomic E-state index is 0.385. The SMILES string of the molecule is CC12CC3CC(C1)CC(c1nnc(CCCCl)s1)(C3)C2. The predicted octanol–water partition coefficient (Wildman–Crippen LogP) is 4.57. The van der Waals surface area contributed by atoms with Crippen LogP contribution in [0.25, 0.3) is 0 Å². The first-order valence-electron chi connectivity index (χ1n) is 8.00. The molecule has 1 aromatic rings. The maximum absolute atomic E-state index is 5.79. The Bertz CT molecular complexity index is 498. The molecule has 4 fully saturated rings. The van der Waals surface area contributed by atoms with E-state index in [4.69, 9.17) is 11.6 Å². The number of rotatable bonds is 4. The maximum atomic E-state index is 5.79. The molecule has 0 saturated heterocycles. The van der Waals surface area contributed by atoms with E-state index in [1.54, 1.807) is 0 Å². The highest BCUT2D eigenvalue weighted by molar-refractivity contribution is 7.11. The van der Waals surface area contributed by atoms with Gasteiger partial charge in [-0.1, -0.05) is 6.92 Å². The predicted molar refractivity (Wildman–Crippen MR) is 83.4 cm³/mol. The second kappa shape index (κ2) is 4.67. The molecule has 0 radical (unpaired) electrons. The van der Waals surface area contributed by atoms with Gasteiger partial charge in [0.05, 0.1) is 0 Å². The second-order valence-corrected chi connectivity index (χ2v) is 9.29. The Kier molecular flexibility index (Phi) is 3.16. The number of nitrogens with zero attached hydrogens (tertiary/aromatic N) is 2. The fourth-order valence-corrected chi connectivity index (χ4v) is 6.98. The van der Waals surface area contributed by atoms with E-state index in [-0.39, 0.29) is 0 Å². The summed E-state index contributed by atoms with van der Waals surface area (Å²) in [6.07, 6.45) is 10.5. The van der Waals surface area contributed by atoms with E-state index in [2.05, 4.69) is 17.1 Å². The van der Waals surface area contributed by atoms with Crippen molar-refractivity contribution in [2.45, 2.75) is 63.7 Å². The number of hydrogen-bond acceptors (Lipinski definition) is 3.